The Morgan fingerprint density at radius 3 is 2.65 bits per heavy atom. The first-order chi connectivity index (χ1) is 7.83. The van der Waals surface area contributed by atoms with E-state index in [2.05, 4.69) is 4.79 Å². The highest BCUT2D eigenvalue weighted by Crippen LogP contribution is 2.10. The summed E-state index contributed by atoms with van der Waals surface area (Å²) in [5.74, 6) is -0.491. The van der Waals surface area contributed by atoms with E-state index < -0.39 is 17.5 Å². The van der Waals surface area contributed by atoms with Gasteiger partial charge in [0.15, 0.2) is 0 Å². The molecule has 17 heavy (non-hydrogen) atoms. The molecule has 0 unspecified atom stereocenters. The summed E-state index contributed by atoms with van der Waals surface area (Å²) in [7, 11) is 0. The molecule has 0 saturated heterocycles. The van der Waals surface area contributed by atoms with E-state index in [4.69, 9.17) is 10.3 Å². The minimum Gasteiger partial charge on any atom is -0.443 e. The monoisotopic (exact) mass is 235 g/mol. The van der Waals surface area contributed by atoms with Crippen LogP contribution in [0.2, 0.25) is 0 Å². The van der Waals surface area contributed by atoms with Crippen molar-refractivity contribution in [2.75, 3.05) is 0 Å². The van der Waals surface area contributed by atoms with Gasteiger partial charge in [0.1, 0.15) is 5.60 Å². The van der Waals surface area contributed by atoms with E-state index in [1.54, 1.807) is 20.8 Å². The van der Waals surface area contributed by atoms with Gasteiger partial charge >= 0.3 is 12.3 Å². The van der Waals surface area contributed by atoms with Crippen LogP contribution in [0.4, 0.5) is 4.79 Å². The largest absolute Gasteiger partial charge is 0.443 e. The molecular formula is C11H13N3O3. The van der Waals surface area contributed by atoms with Crippen molar-refractivity contribution >= 4 is 18.1 Å². The molecule has 0 radical (unpaired) electrons. The van der Waals surface area contributed by atoms with E-state index in [9.17, 15) is 9.59 Å². The SMILES string of the molecule is CC(C)(C)OC(=O)n1ccc(C(=O)C=[N+]=[N-])c1. The molecule has 1 aromatic rings. The summed E-state index contributed by atoms with van der Waals surface area (Å²) in [6.45, 7) is 5.25. The van der Waals surface area contributed by atoms with Gasteiger partial charge in [-0.1, -0.05) is 0 Å². The van der Waals surface area contributed by atoms with Gasteiger partial charge in [0.25, 0.3) is 5.78 Å². The molecule has 1 heterocycles. The van der Waals surface area contributed by atoms with E-state index in [1.165, 1.54) is 18.5 Å². The molecule has 90 valence electrons. The molecule has 0 amide bonds. The molecule has 0 bridgehead atoms. The molecule has 6 nitrogen and oxygen atoms in total. The van der Waals surface area contributed by atoms with Gasteiger partial charge in [-0.15, -0.1) is 0 Å². The van der Waals surface area contributed by atoms with Gasteiger partial charge < -0.3 is 10.3 Å². The van der Waals surface area contributed by atoms with E-state index in [0.717, 1.165) is 10.8 Å². The smallest absolute Gasteiger partial charge is 0.418 e. The maximum absolute atomic E-state index is 11.6. The number of Topliss-reactive ketones (excluding diaryl/α,β-unsaturated/α-hetero) is 1. The Balaban J connectivity index is 2.85. The van der Waals surface area contributed by atoms with Crippen LogP contribution >= 0.6 is 0 Å². The first kappa shape index (κ1) is 12.9. The number of aromatic nitrogens is 1. The van der Waals surface area contributed by atoms with Gasteiger partial charge in [-0.3, -0.25) is 9.36 Å². The minimum absolute atomic E-state index is 0.244. The second-order valence-electron chi connectivity index (χ2n) is 4.40. The number of hydrogen-bond donors (Lipinski definition) is 0. The number of carbonyl (C=O) groups excluding carboxylic acids is 2. The minimum atomic E-state index is -0.599. The summed E-state index contributed by atoms with van der Waals surface area (Å²) in [6, 6.07) is 1.44. The predicted octanol–water partition coefficient (Wildman–Crippen LogP) is 1.75. The third kappa shape index (κ3) is 3.70. The third-order valence-electron chi connectivity index (χ3n) is 1.76. The zero-order valence-corrected chi connectivity index (χ0v) is 9.88. The molecule has 0 atom stereocenters. The number of hydrogen-bond acceptors (Lipinski definition) is 3. The molecule has 0 aliphatic heterocycles. The molecule has 0 N–H and O–H groups in total. The number of rotatable bonds is 2. The van der Waals surface area contributed by atoms with Crippen LogP contribution in [0.5, 0.6) is 0 Å². The predicted molar refractivity (Wildman–Crippen MR) is 60.1 cm³/mol. The molecule has 0 fully saturated rings. The van der Waals surface area contributed by atoms with Crippen molar-refractivity contribution < 1.29 is 19.1 Å². The lowest BCUT2D eigenvalue weighted by Gasteiger charge is -2.19. The summed E-state index contributed by atoms with van der Waals surface area (Å²) in [4.78, 5) is 25.5. The molecule has 1 aromatic heterocycles. The van der Waals surface area contributed by atoms with Crippen molar-refractivity contribution in [1.82, 2.24) is 4.57 Å². The Kier molecular flexibility index (Phi) is 3.60. The second kappa shape index (κ2) is 4.76. The summed E-state index contributed by atoms with van der Waals surface area (Å²) < 4.78 is 6.26. The molecular weight excluding hydrogens is 222 g/mol. The molecule has 0 aliphatic carbocycles. The van der Waals surface area contributed by atoms with Crippen molar-refractivity contribution in [1.29, 1.82) is 0 Å². The van der Waals surface area contributed by atoms with Gasteiger partial charge in [-0.25, -0.2) is 4.79 Å². The number of nitrogens with zero attached hydrogens (tertiary/aromatic N) is 3. The van der Waals surface area contributed by atoms with Gasteiger partial charge in [0, 0.05) is 18.0 Å². The zero-order valence-electron chi connectivity index (χ0n) is 9.88. The van der Waals surface area contributed by atoms with Crippen LogP contribution in [-0.4, -0.2) is 33.0 Å². The first-order valence-corrected chi connectivity index (χ1v) is 4.96. The van der Waals surface area contributed by atoms with Crippen molar-refractivity contribution in [2.45, 2.75) is 26.4 Å². The van der Waals surface area contributed by atoms with Crippen LogP contribution in [0.3, 0.4) is 0 Å². The van der Waals surface area contributed by atoms with Crippen molar-refractivity contribution in [2.24, 2.45) is 0 Å². The van der Waals surface area contributed by atoms with E-state index >= 15 is 0 Å². The van der Waals surface area contributed by atoms with Gasteiger partial charge in [-0.2, -0.15) is 4.79 Å². The van der Waals surface area contributed by atoms with Gasteiger partial charge in [0.05, 0.1) is 0 Å². The standard InChI is InChI=1S/C11H13N3O3/c1-11(2,3)17-10(16)14-5-4-8(7-14)9(15)6-13-12/h4-7H,1-3H3. The first-order valence-electron chi connectivity index (χ1n) is 4.96. The third-order valence-corrected chi connectivity index (χ3v) is 1.76. The number of ether oxygens (including phenoxy) is 1. The van der Waals surface area contributed by atoms with Gasteiger partial charge in [0.2, 0.25) is 0 Å². The summed E-state index contributed by atoms with van der Waals surface area (Å²) in [5.41, 5.74) is 7.86. The quantitative estimate of drug-likeness (QED) is 0.339. The fourth-order valence-electron chi connectivity index (χ4n) is 1.10. The maximum atomic E-state index is 11.6. The Morgan fingerprint density at radius 1 is 1.47 bits per heavy atom. The highest BCUT2D eigenvalue weighted by atomic mass is 16.6. The molecule has 0 aliphatic rings. The van der Waals surface area contributed by atoms with Crippen LogP contribution in [0.1, 0.15) is 31.1 Å². The van der Waals surface area contributed by atoms with Crippen LogP contribution < -0.4 is 0 Å². The molecule has 6 heteroatoms. The average molecular weight is 235 g/mol. The molecule has 0 aromatic carbocycles. The Morgan fingerprint density at radius 2 is 2.12 bits per heavy atom. The normalized spacial score (nSPS) is 10.5. The van der Waals surface area contributed by atoms with Crippen molar-refractivity contribution in [3.05, 3.63) is 29.6 Å². The average Bonchev–Trinajstić information content (AvgIpc) is 2.63. The van der Waals surface area contributed by atoms with Crippen LogP contribution in [0.15, 0.2) is 18.5 Å². The summed E-state index contributed by atoms with van der Waals surface area (Å²) in [6.07, 6.45) is 2.91. The Bertz CT molecular complexity index is 490. The number of ketones is 1. The summed E-state index contributed by atoms with van der Waals surface area (Å²) >= 11 is 0. The molecule has 1 rings (SSSR count). The van der Waals surface area contributed by atoms with E-state index in [-0.39, 0.29) is 5.56 Å². The lowest BCUT2D eigenvalue weighted by atomic mass is 10.2. The van der Waals surface area contributed by atoms with Crippen molar-refractivity contribution in [3.8, 4) is 0 Å². The van der Waals surface area contributed by atoms with Crippen molar-refractivity contribution in [3.63, 3.8) is 0 Å². The Hall–Kier alpha value is -2.20. The topological polar surface area (TPSA) is 84.7 Å². The van der Waals surface area contributed by atoms with Crippen LogP contribution in [-0.2, 0) is 4.74 Å². The lowest BCUT2D eigenvalue weighted by Crippen LogP contribution is -2.26. The lowest BCUT2D eigenvalue weighted by molar-refractivity contribution is 0.00233. The van der Waals surface area contributed by atoms with Gasteiger partial charge in [-0.05, 0) is 26.8 Å². The van der Waals surface area contributed by atoms with E-state index in [0.29, 0.717) is 0 Å². The fraction of sp³-hybridized carbons (Fsp3) is 0.364. The Labute approximate surface area is 98.4 Å². The highest BCUT2D eigenvalue weighted by Gasteiger charge is 2.18. The zero-order chi connectivity index (χ0) is 13.1. The van der Waals surface area contributed by atoms with E-state index in [1.807, 2.05) is 0 Å². The number of carbonyl (C=O) groups is 2. The van der Waals surface area contributed by atoms with Crippen LogP contribution in [0, 0.1) is 0 Å². The maximum Gasteiger partial charge on any atom is 0.418 e. The molecule has 0 spiro atoms. The van der Waals surface area contributed by atoms with Crippen LogP contribution in [0.25, 0.3) is 5.53 Å². The highest BCUT2D eigenvalue weighted by molar-refractivity contribution is 6.33. The summed E-state index contributed by atoms with van der Waals surface area (Å²) in [5, 5.41) is 0. The molecule has 0 saturated carbocycles. The second-order valence-corrected chi connectivity index (χ2v) is 4.40. The fourth-order valence-corrected chi connectivity index (χ4v) is 1.10.